The van der Waals surface area contributed by atoms with E-state index in [0.717, 1.165) is 17.3 Å². The minimum atomic E-state index is -1.10. The second kappa shape index (κ2) is 6.54. The first kappa shape index (κ1) is 14.6. The van der Waals surface area contributed by atoms with Crippen molar-refractivity contribution in [1.82, 2.24) is 4.98 Å². The molecule has 1 aromatic carbocycles. The van der Waals surface area contributed by atoms with E-state index in [-0.39, 0.29) is 22.1 Å². The molecule has 2 rings (SSSR count). The molecule has 0 spiro atoms. The maximum Gasteiger partial charge on any atom is 0.338 e. The summed E-state index contributed by atoms with van der Waals surface area (Å²) in [6.07, 6.45) is 1.65. The summed E-state index contributed by atoms with van der Waals surface area (Å²) in [5.74, 6) is -1.10. The second-order valence-corrected chi connectivity index (χ2v) is 5.42. The zero-order valence-corrected chi connectivity index (χ0v) is 11.8. The van der Waals surface area contributed by atoms with Gasteiger partial charge in [0.25, 0.3) is 0 Å². The van der Waals surface area contributed by atoms with Crippen LogP contribution in [0, 0.1) is 0 Å². The van der Waals surface area contributed by atoms with E-state index < -0.39 is 5.97 Å². The fraction of sp³-hybridized carbons (Fsp3) is 0.0714. The average Bonchev–Trinajstić information content (AvgIpc) is 2.41. The van der Waals surface area contributed by atoms with Gasteiger partial charge in [-0.2, -0.15) is 0 Å². The van der Waals surface area contributed by atoms with Gasteiger partial charge in [0.1, 0.15) is 5.03 Å². The van der Waals surface area contributed by atoms with Gasteiger partial charge in [-0.05, 0) is 41.6 Å². The number of pyridine rings is 1. The number of aromatic carboxylic acids is 1. The lowest BCUT2D eigenvalue weighted by Crippen LogP contribution is -2.04. The number of thioether (sulfide) groups is 1. The predicted octanol–water partition coefficient (Wildman–Crippen LogP) is 3.29. The number of nitrogens with zero attached hydrogens (tertiary/aromatic N) is 1. The van der Waals surface area contributed by atoms with Gasteiger partial charge >= 0.3 is 5.97 Å². The summed E-state index contributed by atoms with van der Waals surface area (Å²) in [6.45, 7) is 0. The highest BCUT2D eigenvalue weighted by atomic mass is 35.5. The minimum Gasteiger partial charge on any atom is -0.478 e. The molecule has 0 fully saturated rings. The van der Waals surface area contributed by atoms with Crippen LogP contribution >= 0.6 is 23.4 Å². The molecule has 0 radical (unpaired) electrons. The van der Waals surface area contributed by atoms with Gasteiger partial charge in [-0.1, -0.05) is 23.7 Å². The maximum atomic E-state index is 11.9. The summed E-state index contributed by atoms with van der Waals surface area (Å²) in [5, 5.41) is 9.66. The average molecular weight is 308 g/mol. The monoisotopic (exact) mass is 307 g/mol. The van der Waals surface area contributed by atoms with Gasteiger partial charge in [0.05, 0.1) is 5.56 Å². The van der Waals surface area contributed by atoms with E-state index in [1.807, 2.05) is 0 Å². The number of benzene rings is 1. The molecular weight excluding hydrogens is 298 g/mol. The third-order valence-corrected chi connectivity index (χ3v) is 3.62. The lowest BCUT2D eigenvalue weighted by atomic mass is 10.2. The Bertz CT molecular complexity index is 643. The summed E-state index contributed by atoms with van der Waals surface area (Å²) in [7, 11) is 0. The van der Waals surface area contributed by atoms with E-state index in [1.54, 1.807) is 24.3 Å². The highest BCUT2D eigenvalue weighted by Crippen LogP contribution is 2.22. The van der Waals surface area contributed by atoms with Gasteiger partial charge in [0, 0.05) is 17.6 Å². The molecule has 1 N–H and O–H groups in total. The first-order chi connectivity index (χ1) is 9.56. The van der Waals surface area contributed by atoms with Crippen LogP contribution in [0.5, 0.6) is 0 Å². The minimum absolute atomic E-state index is 0.0296. The molecule has 0 saturated heterocycles. The smallest absolute Gasteiger partial charge is 0.338 e. The molecule has 102 valence electrons. The van der Waals surface area contributed by atoms with Crippen LogP contribution in [0.1, 0.15) is 15.9 Å². The Hall–Kier alpha value is -1.85. The first-order valence-corrected chi connectivity index (χ1v) is 6.89. The molecule has 1 aromatic heterocycles. The van der Waals surface area contributed by atoms with Gasteiger partial charge in [-0.25, -0.2) is 9.78 Å². The van der Waals surface area contributed by atoms with Crippen molar-refractivity contribution in [3.05, 3.63) is 58.7 Å². The van der Waals surface area contributed by atoms with Crippen LogP contribution in [0.15, 0.2) is 47.6 Å². The summed E-state index contributed by atoms with van der Waals surface area (Å²) < 4.78 is 0. The number of carboxylic acids is 1. The van der Waals surface area contributed by atoms with Crippen LogP contribution in [0.25, 0.3) is 0 Å². The van der Waals surface area contributed by atoms with E-state index in [0.29, 0.717) is 5.02 Å². The van der Waals surface area contributed by atoms with Gasteiger partial charge < -0.3 is 5.11 Å². The Morgan fingerprint density at radius 1 is 1.20 bits per heavy atom. The Labute approximate surface area is 124 Å². The molecule has 2 aromatic rings. The molecule has 0 atom stereocenters. The van der Waals surface area contributed by atoms with E-state index >= 15 is 0 Å². The summed E-state index contributed by atoms with van der Waals surface area (Å²) in [5.41, 5.74) is 0.849. The third kappa shape index (κ3) is 3.82. The van der Waals surface area contributed by atoms with Crippen LogP contribution in [0.4, 0.5) is 0 Å². The van der Waals surface area contributed by atoms with Gasteiger partial charge in [-0.3, -0.25) is 4.79 Å². The van der Waals surface area contributed by atoms with Gasteiger partial charge in [0.15, 0.2) is 5.12 Å². The van der Waals surface area contributed by atoms with Crippen molar-refractivity contribution >= 4 is 34.4 Å². The second-order valence-electron chi connectivity index (χ2n) is 3.94. The lowest BCUT2D eigenvalue weighted by molar-refractivity contribution is -0.110. The Balaban J connectivity index is 2.08. The van der Waals surface area contributed by atoms with E-state index in [9.17, 15) is 9.59 Å². The van der Waals surface area contributed by atoms with Crippen molar-refractivity contribution in [3.63, 3.8) is 0 Å². The van der Waals surface area contributed by atoms with Crippen molar-refractivity contribution in [2.75, 3.05) is 0 Å². The largest absolute Gasteiger partial charge is 0.478 e. The number of carbonyl (C=O) groups excluding carboxylic acids is 1. The number of carbonyl (C=O) groups is 2. The molecule has 6 heteroatoms. The number of rotatable bonds is 4. The molecule has 4 nitrogen and oxygen atoms in total. The molecule has 0 unspecified atom stereocenters. The molecule has 0 aliphatic heterocycles. The van der Waals surface area contributed by atoms with E-state index in [4.69, 9.17) is 16.7 Å². The number of halogens is 1. The topological polar surface area (TPSA) is 67.3 Å². The molecule has 0 aliphatic rings. The van der Waals surface area contributed by atoms with Crippen molar-refractivity contribution in [2.45, 2.75) is 11.4 Å². The highest BCUT2D eigenvalue weighted by molar-refractivity contribution is 8.13. The first-order valence-electron chi connectivity index (χ1n) is 5.69. The molecule has 0 bridgehead atoms. The molecule has 0 saturated carbocycles. The van der Waals surface area contributed by atoms with Crippen LogP contribution in [0.2, 0.25) is 5.02 Å². The maximum absolute atomic E-state index is 11.9. The number of carboxylic acid groups (broad SMARTS) is 1. The fourth-order valence-corrected chi connectivity index (χ4v) is 2.51. The summed E-state index contributed by atoms with van der Waals surface area (Å²) in [4.78, 5) is 26.9. The number of aromatic nitrogens is 1. The van der Waals surface area contributed by atoms with Crippen molar-refractivity contribution in [3.8, 4) is 0 Å². The number of hydrogen-bond acceptors (Lipinski definition) is 4. The van der Waals surface area contributed by atoms with Crippen molar-refractivity contribution < 1.29 is 14.7 Å². The van der Waals surface area contributed by atoms with Crippen LogP contribution < -0.4 is 0 Å². The highest BCUT2D eigenvalue weighted by Gasteiger charge is 2.15. The zero-order chi connectivity index (χ0) is 14.5. The van der Waals surface area contributed by atoms with E-state index in [1.165, 1.54) is 18.3 Å². The molecule has 0 aliphatic carbocycles. The summed E-state index contributed by atoms with van der Waals surface area (Å²) >= 11 is 6.60. The molecule has 20 heavy (non-hydrogen) atoms. The Kier molecular flexibility index (Phi) is 4.76. The third-order valence-electron chi connectivity index (χ3n) is 2.47. The van der Waals surface area contributed by atoms with Crippen molar-refractivity contribution in [2.24, 2.45) is 0 Å². The fourth-order valence-electron chi connectivity index (χ4n) is 1.55. The van der Waals surface area contributed by atoms with Gasteiger partial charge in [0.2, 0.25) is 0 Å². The molecule has 1 heterocycles. The summed E-state index contributed by atoms with van der Waals surface area (Å²) in [6, 6.07) is 9.88. The Morgan fingerprint density at radius 3 is 2.55 bits per heavy atom. The molecular formula is C14H10ClNO3S. The quantitative estimate of drug-likeness (QED) is 0.878. The SMILES string of the molecule is O=C(Cc1ccc(Cl)cc1)Sc1ncccc1C(=O)O. The van der Waals surface area contributed by atoms with Crippen LogP contribution in [-0.4, -0.2) is 21.2 Å². The predicted molar refractivity (Wildman–Crippen MR) is 77.2 cm³/mol. The van der Waals surface area contributed by atoms with Crippen molar-refractivity contribution in [1.29, 1.82) is 0 Å². The zero-order valence-electron chi connectivity index (χ0n) is 10.2. The lowest BCUT2D eigenvalue weighted by Gasteiger charge is -2.04. The number of hydrogen-bond donors (Lipinski definition) is 1. The normalized spacial score (nSPS) is 10.2. The molecule has 0 amide bonds. The van der Waals surface area contributed by atoms with Gasteiger partial charge in [-0.15, -0.1) is 0 Å². The Morgan fingerprint density at radius 2 is 1.90 bits per heavy atom. The van der Waals surface area contributed by atoms with E-state index in [2.05, 4.69) is 4.98 Å². The van der Waals surface area contributed by atoms with Crippen LogP contribution in [0.3, 0.4) is 0 Å². The van der Waals surface area contributed by atoms with Crippen LogP contribution in [-0.2, 0) is 11.2 Å². The standard InChI is InChI=1S/C14H10ClNO3S/c15-10-5-3-9(4-6-10)8-12(17)20-13-11(14(18)19)2-1-7-16-13/h1-7H,8H2,(H,18,19).